The van der Waals surface area contributed by atoms with Crippen LogP contribution in [-0.2, 0) is 0 Å². The van der Waals surface area contributed by atoms with Crippen molar-refractivity contribution in [3.05, 3.63) is 42.5 Å². The third-order valence-corrected chi connectivity index (χ3v) is 3.71. The zero-order valence-electron chi connectivity index (χ0n) is 12.0. The molecule has 0 aliphatic heterocycles. The van der Waals surface area contributed by atoms with Crippen molar-refractivity contribution >= 4 is 21.5 Å². The van der Waals surface area contributed by atoms with Gasteiger partial charge in [-0.2, -0.15) is 0 Å². The molecular formula is C18H18O3. The monoisotopic (exact) mass is 282 g/mol. The normalized spacial score (nSPS) is 11.1. The minimum absolute atomic E-state index is 0.180. The molecule has 3 rings (SSSR count). The van der Waals surface area contributed by atoms with E-state index >= 15 is 0 Å². The molecular weight excluding hydrogens is 264 g/mol. The van der Waals surface area contributed by atoms with Crippen molar-refractivity contribution in [2.24, 2.45) is 0 Å². The van der Waals surface area contributed by atoms with Crippen LogP contribution >= 0.6 is 0 Å². The van der Waals surface area contributed by atoms with Gasteiger partial charge in [0.1, 0.15) is 17.2 Å². The summed E-state index contributed by atoms with van der Waals surface area (Å²) in [6.45, 7) is 2.77. The number of unbranched alkanes of at least 4 members (excludes halogenated alkanes) is 1. The molecule has 3 aromatic carbocycles. The standard InChI is InChI=1S/C18H18O3/c1-2-3-10-21-12-8-9-15-16(11-12)18(20)14-7-5-4-6-13(14)17(15)19/h4-9,11,19-20H,2-3,10H2,1H3. The van der Waals surface area contributed by atoms with Gasteiger partial charge >= 0.3 is 0 Å². The van der Waals surface area contributed by atoms with E-state index in [-0.39, 0.29) is 11.5 Å². The molecule has 0 fully saturated rings. The number of fused-ring (bicyclic) bond motifs is 2. The van der Waals surface area contributed by atoms with Gasteiger partial charge in [0.15, 0.2) is 0 Å². The maximum Gasteiger partial charge on any atom is 0.131 e. The fraction of sp³-hybridized carbons (Fsp3) is 0.222. The van der Waals surface area contributed by atoms with Crippen molar-refractivity contribution in [1.29, 1.82) is 0 Å². The molecule has 3 aromatic rings. The molecule has 0 bridgehead atoms. The van der Waals surface area contributed by atoms with Crippen LogP contribution in [0.15, 0.2) is 42.5 Å². The molecule has 0 heterocycles. The Morgan fingerprint density at radius 2 is 1.48 bits per heavy atom. The van der Waals surface area contributed by atoms with Crippen molar-refractivity contribution in [3.8, 4) is 17.2 Å². The molecule has 0 unspecified atom stereocenters. The Hall–Kier alpha value is -2.42. The summed E-state index contributed by atoms with van der Waals surface area (Å²) in [5.74, 6) is 1.08. The molecule has 108 valence electrons. The Labute approximate surface area is 123 Å². The Kier molecular flexibility index (Phi) is 3.57. The van der Waals surface area contributed by atoms with E-state index in [0.29, 0.717) is 33.9 Å². The lowest BCUT2D eigenvalue weighted by atomic mass is 10.0. The molecule has 2 N–H and O–H groups in total. The minimum atomic E-state index is 0.180. The zero-order chi connectivity index (χ0) is 14.8. The van der Waals surface area contributed by atoms with Crippen LogP contribution in [0.3, 0.4) is 0 Å². The first-order chi connectivity index (χ1) is 10.2. The molecule has 0 saturated heterocycles. The van der Waals surface area contributed by atoms with Crippen LogP contribution in [0.5, 0.6) is 17.2 Å². The highest BCUT2D eigenvalue weighted by Gasteiger charge is 2.13. The molecule has 21 heavy (non-hydrogen) atoms. The van der Waals surface area contributed by atoms with Gasteiger partial charge in [0.25, 0.3) is 0 Å². The Balaban J connectivity index is 2.16. The quantitative estimate of drug-likeness (QED) is 0.418. The molecule has 0 aromatic heterocycles. The average molecular weight is 282 g/mol. The number of rotatable bonds is 4. The molecule has 3 heteroatoms. The fourth-order valence-corrected chi connectivity index (χ4v) is 2.54. The predicted octanol–water partition coefficient (Wildman–Crippen LogP) is 4.58. The highest BCUT2D eigenvalue weighted by Crippen LogP contribution is 2.42. The van der Waals surface area contributed by atoms with E-state index in [9.17, 15) is 10.2 Å². The minimum Gasteiger partial charge on any atom is -0.507 e. The van der Waals surface area contributed by atoms with E-state index < -0.39 is 0 Å². The molecule has 0 amide bonds. The third kappa shape index (κ3) is 2.35. The van der Waals surface area contributed by atoms with Gasteiger partial charge in [0.05, 0.1) is 6.61 Å². The fourth-order valence-electron chi connectivity index (χ4n) is 2.54. The molecule has 0 atom stereocenters. The van der Waals surface area contributed by atoms with Crippen LogP contribution in [0.2, 0.25) is 0 Å². The molecule has 0 radical (unpaired) electrons. The number of aromatic hydroxyl groups is 2. The SMILES string of the molecule is CCCCOc1ccc2c(O)c3ccccc3c(O)c2c1. The van der Waals surface area contributed by atoms with Crippen molar-refractivity contribution in [2.45, 2.75) is 19.8 Å². The summed E-state index contributed by atoms with van der Waals surface area (Å²) >= 11 is 0. The highest BCUT2D eigenvalue weighted by atomic mass is 16.5. The molecule has 0 saturated carbocycles. The number of phenols is 2. The van der Waals surface area contributed by atoms with Crippen LogP contribution < -0.4 is 4.74 Å². The molecule has 3 nitrogen and oxygen atoms in total. The summed E-state index contributed by atoms with van der Waals surface area (Å²) in [7, 11) is 0. The Morgan fingerprint density at radius 3 is 2.14 bits per heavy atom. The maximum absolute atomic E-state index is 10.5. The van der Waals surface area contributed by atoms with Crippen LogP contribution in [-0.4, -0.2) is 16.8 Å². The first-order valence-corrected chi connectivity index (χ1v) is 7.21. The number of hydrogen-bond donors (Lipinski definition) is 2. The second-order valence-electron chi connectivity index (χ2n) is 5.15. The van der Waals surface area contributed by atoms with Crippen LogP contribution in [0.4, 0.5) is 0 Å². The smallest absolute Gasteiger partial charge is 0.131 e. The topological polar surface area (TPSA) is 49.7 Å². The van der Waals surface area contributed by atoms with Crippen LogP contribution in [0.25, 0.3) is 21.5 Å². The molecule has 0 aliphatic carbocycles. The van der Waals surface area contributed by atoms with E-state index in [4.69, 9.17) is 4.74 Å². The lowest BCUT2D eigenvalue weighted by Gasteiger charge is -2.11. The Morgan fingerprint density at radius 1 is 0.857 bits per heavy atom. The Bertz CT molecular complexity index is 793. The van der Waals surface area contributed by atoms with E-state index in [0.717, 1.165) is 12.8 Å². The van der Waals surface area contributed by atoms with Gasteiger partial charge in [0, 0.05) is 21.5 Å². The second kappa shape index (κ2) is 5.52. The van der Waals surface area contributed by atoms with Gasteiger partial charge in [-0.25, -0.2) is 0 Å². The number of benzene rings is 3. The van der Waals surface area contributed by atoms with Crippen LogP contribution in [0, 0.1) is 0 Å². The molecule has 0 aliphatic rings. The van der Waals surface area contributed by atoms with Gasteiger partial charge < -0.3 is 14.9 Å². The third-order valence-electron chi connectivity index (χ3n) is 3.71. The number of hydrogen-bond acceptors (Lipinski definition) is 3. The summed E-state index contributed by atoms with van der Waals surface area (Å²) in [5.41, 5.74) is 0. The number of phenolic OH excluding ortho intramolecular Hbond substituents is 2. The van der Waals surface area contributed by atoms with Crippen molar-refractivity contribution in [1.82, 2.24) is 0 Å². The highest BCUT2D eigenvalue weighted by molar-refractivity contribution is 6.10. The largest absolute Gasteiger partial charge is 0.507 e. The summed E-state index contributed by atoms with van der Waals surface area (Å²) in [5, 5.41) is 23.4. The summed E-state index contributed by atoms with van der Waals surface area (Å²) in [4.78, 5) is 0. The molecule has 0 spiro atoms. The zero-order valence-corrected chi connectivity index (χ0v) is 12.0. The van der Waals surface area contributed by atoms with E-state index in [1.165, 1.54) is 0 Å². The summed E-state index contributed by atoms with van der Waals surface area (Å²) < 4.78 is 5.67. The van der Waals surface area contributed by atoms with Crippen molar-refractivity contribution in [3.63, 3.8) is 0 Å². The average Bonchev–Trinajstić information content (AvgIpc) is 2.53. The second-order valence-corrected chi connectivity index (χ2v) is 5.15. The first kappa shape index (κ1) is 13.6. The van der Waals surface area contributed by atoms with E-state index in [1.807, 2.05) is 18.2 Å². The van der Waals surface area contributed by atoms with Crippen molar-refractivity contribution in [2.75, 3.05) is 6.61 Å². The summed E-state index contributed by atoms with van der Waals surface area (Å²) in [6.07, 6.45) is 2.07. The van der Waals surface area contributed by atoms with E-state index in [2.05, 4.69) is 6.92 Å². The summed E-state index contributed by atoms with van der Waals surface area (Å²) in [6, 6.07) is 12.7. The first-order valence-electron chi connectivity index (χ1n) is 7.21. The predicted molar refractivity (Wildman–Crippen MR) is 85.2 cm³/mol. The van der Waals surface area contributed by atoms with Gasteiger partial charge in [-0.3, -0.25) is 0 Å². The van der Waals surface area contributed by atoms with Gasteiger partial charge in [0.2, 0.25) is 0 Å². The van der Waals surface area contributed by atoms with Gasteiger partial charge in [-0.1, -0.05) is 37.6 Å². The number of ether oxygens (including phenoxy) is 1. The maximum atomic E-state index is 10.5. The van der Waals surface area contributed by atoms with Crippen molar-refractivity contribution < 1.29 is 14.9 Å². The van der Waals surface area contributed by atoms with Crippen LogP contribution in [0.1, 0.15) is 19.8 Å². The van der Waals surface area contributed by atoms with E-state index in [1.54, 1.807) is 24.3 Å². The van der Waals surface area contributed by atoms with Gasteiger partial charge in [-0.05, 0) is 24.6 Å². The lowest BCUT2D eigenvalue weighted by molar-refractivity contribution is 0.309. The lowest BCUT2D eigenvalue weighted by Crippen LogP contribution is -1.96. The van der Waals surface area contributed by atoms with Gasteiger partial charge in [-0.15, -0.1) is 0 Å².